The van der Waals surface area contributed by atoms with Gasteiger partial charge in [0.2, 0.25) is 5.91 Å². The molecule has 3 rings (SSSR count). The summed E-state index contributed by atoms with van der Waals surface area (Å²) in [5.41, 5.74) is 1.40. The number of nitrogens with zero attached hydrogens (tertiary/aromatic N) is 1. The molecule has 2 aliphatic heterocycles. The molecule has 4 nitrogen and oxygen atoms in total. The molecule has 17 heavy (non-hydrogen) atoms. The largest absolute Gasteiger partial charge is 0.355 e. The number of benzene rings is 1. The lowest BCUT2D eigenvalue weighted by atomic mass is 10.0. The Morgan fingerprint density at radius 1 is 1.47 bits per heavy atom. The highest BCUT2D eigenvalue weighted by Gasteiger charge is 2.47. The van der Waals surface area contributed by atoms with Gasteiger partial charge in [-0.2, -0.15) is 0 Å². The van der Waals surface area contributed by atoms with E-state index in [-0.39, 0.29) is 11.9 Å². The van der Waals surface area contributed by atoms with Crippen molar-refractivity contribution in [1.82, 2.24) is 4.90 Å². The Bertz CT molecular complexity index is 474. The third-order valence-corrected chi connectivity index (χ3v) is 3.70. The van der Waals surface area contributed by atoms with Crippen molar-refractivity contribution in [1.29, 1.82) is 0 Å². The molecule has 1 amide bonds. The van der Waals surface area contributed by atoms with Crippen LogP contribution in [0.1, 0.15) is 19.4 Å². The predicted molar refractivity (Wildman–Crippen MR) is 64.5 cm³/mol. The van der Waals surface area contributed by atoms with Gasteiger partial charge in [-0.05, 0) is 19.9 Å². The molecule has 0 aliphatic carbocycles. The van der Waals surface area contributed by atoms with Gasteiger partial charge in [0.15, 0.2) is 0 Å². The van der Waals surface area contributed by atoms with Crippen LogP contribution in [0.4, 0.5) is 5.69 Å². The van der Waals surface area contributed by atoms with E-state index in [1.165, 1.54) is 0 Å². The van der Waals surface area contributed by atoms with Crippen molar-refractivity contribution in [3.8, 4) is 0 Å². The summed E-state index contributed by atoms with van der Waals surface area (Å²) in [4.78, 5) is 14.0. The van der Waals surface area contributed by atoms with E-state index in [2.05, 4.69) is 17.1 Å². The van der Waals surface area contributed by atoms with E-state index in [1.807, 2.05) is 31.2 Å². The number of fused-ring (bicyclic) bond motifs is 3. The monoisotopic (exact) mass is 232 g/mol. The molecule has 0 spiro atoms. The van der Waals surface area contributed by atoms with Gasteiger partial charge in [-0.15, -0.1) is 0 Å². The Hall–Kier alpha value is -1.39. The van der Waals surface area contributed by atoms with Crippen molar-refractivity contribution in [2.24, 2.45) is 0 Å². The lowest BCUT2D eigenvalue weighted by molar-refractivity contribution is -0.123. The molecule has 0 unspecified atom stereocenters. The zero-order chi connectivity index (χ0) is 12.0. The van der Waals surface area contributed by atoms with Gasteiger partial charge < -0.3 is 10.1 Å². The van der Waals surface area contributed by atoms with Crippen molar-refractivity contribution in [2.45, 2.75) is 25.6 Å². The highest BCUT2D eigenvalue weighted by Crippen LogP contribution is 2.41. The minimum Gasteiger partial charge on any atom is -0.355 e. The second-order valence-electron chi connectivity index (χ2n) is 4.86. The maximum Gasteiger partial charge on any atom is 0.238 e. The van der Waals surface area contributed by atoms with Gasteiger partial charge in [-0.3, -0.25) is 9.69 Å². The molecule has 2 heterocycles. The molecule has 1 N–H and O–H groups in total. The number of rotatable bonds is 0. The Balaban J connectivity index is 2.17. The average molecular weight is 232 g/mol. The predicted octanol–water partition coefficient (Wildman–Crippen LogP) is 1.53. The number of anilines is 1. The number of hydrogen-bond donors (Lipinski definition) is 1. The van der Waals surface area contributed by atoms with Crippen molar-refractivity contribution < 1.29 is 9.53 Å². The van der Waals surface area contributed by atoms with Gasteiger partial charge in [0.25, 0.3) is 0 Å². The SMILES string of the molecule is C[C@H]1CO[C@@]2(C)c3ccccc3NC(=O)CN12. The van der Waals surface area contributed by atoms with E-state index in [0.717, 1.165) is 11.3 Å². The first-order valence-electron chi connectivity index (χ1n) is 5.91. The minimum absolute atomic E-state index is 0.0264. The summed E-state index contributed by atoms with van der Waals surface area (Å²) < 4.78 is 5.95. The number of para-hydroxylation sites is 1. The first-order valence-corrected chi connectivity index (χ1v) is 5.91. The Morgan fingerprint density at radius 3 is 3.06 bits per heavy atom. The lowest BCUT2D eigenvalue weighted by Gasteiger charge is -2.33. The molecule has 0 saturated carbocycles. The maximum absolute atomic E-state index is 11.9. The van der Waals surface area contributed by atoms with E-state index in [1.54, 1.807) is 0 Å². The highest BCUT2D eigenvalue weighted by atomic mass is 16.5. The Labute approximate surface area is 101 Å². The zero-order valence-corrected chi connectivity index (χ0v) is 10.1. The summed E-state index contributed by atoms with van der Waals surface area (Å²) >= 11 is 0. The van der Waals surface area contributed by atoms with Crippen LogP contribution >= 0.6 is 0 Å². The van der Waals surface area contributed by atoms with E-state index in [0.29, 0.717) is 13.2 Å². The van der Waals surface area contributed by atoms with Crippen LogP contribution in [0.2, 0.25) is 0 Å². The molecule has 90 valence electrons. The van der Waals surface area contributed by atoms with Gasteiger partial charge in [-0.25, -0.2) is 0 Å². The molecule has 1 fully saturated rings. The maximum atomic E-state index is 11.9. The smallest absolute Gasteiger partial charge is 0.238 e. The fraction of sp³-hybridized carbons (Fsp3) is 0.462. The first-order chi connectivity index (χ1) is 8.11. The summed E-state index contributed by atoms with van der Waals surface area (Å²) in [6.45, 7) is 5.17. The van der Waals surface area contributed by atoms with Crippen LogP contribution in [0.15, 0.2) is 24.3 Å². The Kier molecular flexibility index (Phi) is 2.24. The summed E-state index contributed by atoms with van der Waals surface area (Å²) in [5, 5.41) is 2.94. The molecule has 2 aliphatic rings. The summed E-state index contributed by atoms with van der Waals surface area (Å²) in [5.74, 6) is 0.0264. The number of ether oxygens (including phenoxy) is 1. The van der Waals surface area contributed by atoms with E-state index in [9.17, 15) is 4.79 Å². The standard InChI is InChI=1S/C13H16N2O2/c1-9-8-17-13(2)10-5-3-4-6-11(10)14-12(16)7-15(9)13/h3-6,9H,7-8H2,1-2H3,(H,14,16)/t9-,13-/m0/s1. The molecule has 1 aromatic rings. The van der Waals surface area contributed by atoms with Crippen LogP contribution < -0.4 is 5.32 Å². The number of hydrogen-bond acceptors (Lipinski definition) is 3. The molecule has 1 saturated heterocycles. The van der Waals surface area contributed by atoms with Gasteiger partial charge in [0, 0.05) is 17.3 Å². The van der Waals surface area contributed by atoms with Gasteiger partial charge in [0.05, 0.1) is 13.2 Å². The number of carbonyl (C=O) groups is 1. The third-order valence-electron chi connectivity index (χ3n) is 3.70. The first kappa shape index (κ1) is 10.7. The number of nitrogens with one attached hydrogen (secondary N) is 1. The van der Waals surface area contributed by atoms with E-state index >= 15 is 0 Å². The van der Waals surface area contributed by atoms with Crippen LogP contribution in [0.3, 0.4) is 0 Å². The van der Waals surface area contributed by atoms with Crippen LogP contribution in [0, 0.1) is 0 Å². The van der Waals surface area contributed by atoms with Crippen LogP contribution in [-0.4, -0.2) is 30.0 Å². The molecular formula is C13H16N2O2. The molecule has 2 atom stereocenters. The van der Waals surface area contributed by atoms with Gasteiger partial charge in [-0.1, -0.05) is 18.2 Å². The Morgan fingerprint density at radius 2 is 2.24 bits per heavy atom. The summed E-state index contributed by atoms with van der Waals surface area (Å²) in [6, 6.07) is 8.11. The number of amides is 1. The van der Waals surface area contributed by atoms with Gasteiger partial charge >= 0.3 is 0 Å². The van der Waals surface area contributed by atoms with Gasteiger partial charge in [0.1, 0.15) is 5.72 Å². The second-order valence-corrected chi connectivity index (χ2v) is 4.86. The van der Waals surface area contributed by atoms with E-state index < -0.39 is 5.72 Å². The lowest BCUT2D eigenvalue weighted by Crippen LogP contribution is -2.44. The van der Waals surface area contributed by atoms with Crippen molar-refractivity contribution >= 4 is 11.6 Å². The quantitative estimate of drug-likeness (QED) is 0.737. The minimum atomic E-state index is -0.491. The fourth-order valence-corrected chi connectivity index (χ4v) is 2.76. The molecule has 0 bridgehead atoms. The number of carbonyl (C=O) groups excluding carboxylic acids is 1. The van der Waals surface area contributed by atoms with Crippen LogP contribution in [-0.2, 0) is 15.3 Å². The molecular weight excluding hydrogens is 216 g/mol. The summed E-state index contributed by atoms with van der Waals surface area (Å²) in [6.07, 6.45) is 0. The fourth-order valence-electron chi connectivity index (χ4n) is 2.76. The normalized spacial score (nSPS) is 32.6. The van der Waals surface area contributed by atoms with Crippen LogP contribution in [0.25, 0.3) is 0 Å². The highest BCUT2D eigenvalue weighted by molar-refractivity contribution is 5.94. The topological polar surface area (TPSA) is 41.6 Å². The molecule has 4 heteroatoms. The van der Waals surface area contributed by atoms with Crippen molar-refractivity contribution in [3.63, 3.8) is 0 Å². The summed E-state index contributed by atoms with van der Waals surface area (Å²) in [7, 11) is 0. The van der Waals surface area contributed by atoms with E-state index in [4.69, 9.17) is 4.74 Å². The zero-order valence-electron chi connectivity index (χ0n) is 10.1. The molecule has 0 radical (unpaired) electrons. The third kappa shape index (κ3) is 1.48. The van der Waals surface area contributed by atoms with Crippen molar-refractivity contribution in [2.75, 3.05) is 18.5 Å². The molecule has 1 aromatic carbocycles. The van der Waals surface area contributed by atoms with Crippen LogP contribution in [0.5, 0.6) is 0 Å². The van der Waals surface area contributed by atoms with Crippen molar-refractivity contribution in [3.05, 3.63) is 29.8 Å². The molecule has 0 aromatic heterocycles. The average Bonchev–Trinajstić information content (AvgIpc) is 2.54. The second kappa shape index (κ2) is 3.55.